The van der Waals surface area contributed by atoms with Crippen molar-refractivity contribution in [2.45, 2.75) is 30.0 Å². The smallest absolute Gasteiger partial charge is 0.327 e. The van der Waals surface area contributed by atoms with Crippen LogP contribution in [0.15, 0.2) is 23.1 Å². The van der Waals surface area contributed by atoms with Crippen molar-refractivity contribution >= 4 is 22.4 Å². The molecule has 2 aliphatic rings. The molecule has 1 aromatic carbocycles. The van der Waals surface area contributed by atoms with Gasteiger partial charge in [-0.25, -0.2) is 12.8 Å². The number of rotatable bonds is 2. The minimum Gasteiger partial charge on any atom is -0.327 e. The van der Waals surface area contributed by atoms with E-state index in [1.807, 2.05) is 0 Å². The molecule has 0 amide bonds. The van der Waals surface area contributed by atoms with Crippen LogP contribution in [0.25, 0.3) is 0 Å². The van der Waals surface area contributed by atoms with E-state index in [2.05, 4.69) is 0 Å². The third-order valence-electron chi connectivity index (χ3n) is 4.76. The first kappa shape index (κ1) is 19.4. The van der Waals surface area contributed by atoms with Gasteiger partial charge in [-0.1, -0.05) is 0 Å². The monoisotopic (exact) mass is 388 g/mol. The predicted molar refractivity (Wildman–Crippen MR) is 81.6 cm³/mol. The number of alkyl halides is 3. The summed E-state index contributed by atoms with van der Waals surface area (Å²) < 4.78 is 78.3. The van der Waals surface area contributed by atoms with Crippen molar-refractivity contribution < 1.29 is 26.0 Å². The van der Waals surface area contributed by atoms with E-state index in [1.165, 1.54) is 0 Å². The van der Waals surface area contributed by atoms with E-state index >= 15 is 0 Å². The minimum absolute atomic E-state index is 0. The van der Waals surface area contributed by atoms with Crippen LogP contribution in [-0.2, 0) is 16.2 Å². The van der Waals surface area contributed by atoms with Crippen LogP contribution in [0.2, 0.25) is 0 Å². The molecule has 0 aromatic heterocycles. The summed E-state index contributed by atoms with van der Waals surface area (Å²) >= 11 is 0. The van der Waals surface area contributed by atoms with E-state index in [0.29, 0.717) is 18.2 Å². The number of fused-ring (bicyclic) bond motifs is 1. The third kappa shape index (κ3) is 3.26. The van der Waals surface area contributed by atoms with Crippen LogP contribution in [-0.4, -0.2) is 31.9 Å². The molecule has 0 spiro atoms. The molecule has 2 fully saturated rings. The second-order valence-electron chi connectivity index (χ2n) is 6.13. The number of nitrogens with zero attached hydrogens (tertiary/aromatic N) is 1. The molecule has 3 rings (SSSR count). The molecule has 1 heterocycles. The zero-order valence-electron chi connectivity index (χ0n) is 12.5. The van der Waals surface area contributed by atoms with Gasteiger partial charge in [0.2, 0.25) is 10.0 Å². The first-order valence-electron chi connectivity index (χ1n) is 7.23. The van der Waals surface area contributed by atoms with Crippen molar-refractivity contribution in [2.75, 3.05) is 13.1 Å². The highest BCUT2D eigenvalue weighted by Crippen LogP contribution is 2.40. The van der Waals surface area contributed by atoms with Gasteiger partial charge >= 0.3 is 6.18 Å². The molecule has 4 nitrogen and oxygen atoms in total. The van der Waals surface area contributed by atoms with Gasteiger partial charge in [0.1, 0.15) is 10.7 Å². The van der Waals surface area contributed by atoms with E-state index in [-0.39, 0.29) is 43.4 Å². The van der Waals surface area contributed by atoms with Gasteiger partial charge in [0, 0.05) is 19.1 Å². The van der Waals surface area contributed by atoms with Crippen molar-refractivity contribution in [1.29, 1.82) is 0 Å². The van der Waals surface area contributed by atoms with Crippen LogP contribution in [0, 0.1) is 17.7 Å². The molecule has 0 bridgehead atoms. The van der Waals surface area contributed by atoms with E-state index in [4.69, 9.17) is 5.73 Å². The molecule has 136 valence electrons. The Morgan fingerprint density at radius 2 is 1.83 bits per heavy atom. The lowest BCUT2D eigenvalue weighted by molar-refractivity contribution is -0.137. The Labute approximate surface area is 143 Å². The highest BCUT2D eigenvalue weighted by molar-refractivity contribution is 7.89. The quantitative estimate of drug-likeness (QED) is 0.792. The lowest BCUT2D eigenvalue weighted by Crippen LogP contribution is -2.34. The number of nitrogens with two attached hydrogens (primary N) is 1. The minimum atomic E-state index is -4.73. The molecule has 0 radical (unpaired) electrons. The van der Waals surface area contributed by atoms with E-state index in [0.717, 1.165) is 17.1 Å². The van der Waals surface area contributed by atoms with Crippen LogP contribution in [0.4, 0.5) is 17.6 Å². The number of benzene rings is 1. The standard InChI is InChI=1S/C14H16F4N2O2S.ClH/c15-11-3-2-9(14(16,17)18)5-13(11)23(21,22)20-6-8-1-4-12(19)10(8)7-20;/h2-3,5,8,10,12H,1,4,6-7,19H2;1H. The summed E-state index contributed by atoms with van der Waals surface area (Å²) in [5.74, 6) is -1.10. The topological polar surface area (TPSA) is 63.4 Å². The van der Waals surface area contributed by atoms with Crippen LogP contribution in [0.1, 0.15) is 18.4 Å². The Morgan fingerprint density at radius 3 is 2.42 bits per heavy atom. The van der Waals surface area contributed by atoms with Crippen molar-refractivity contribution in [3.8, 4) is 0 Å². The maximum atomic E-state index is 13.9. The fourth-order valence-corrected chi connectivity index (χ4v) is 5.10. The van der Waals surface area contributed by atoms with E-state index in [9.17, 15) is 26.0 Å². The summed E-state index contributed by atoms with van der Waals surface area (Å²) in [6.45, 7) is 0.306. The normalized spacial score (nSPS) is 27.8. The largest absolute Gasteiger partial charge is 0.416 e. The predicted octanol–water partition coefficient (Wildman–Crippen LogP) is 2.62. The molecule has 10 heteroatoms. The first-order chi connectivity index (χ1) is 10.6. The summed E-state index contributed by atoms with van der Waals surface area (Å²) in [5.41, 5.74) is 4.74. The average Bonchev–Trinajstić information content (AvgIpc) is 3.01. The Morgan fingerprint density at radius 1 is 1.17 bits per heavy atom. The zero-order valence-corrected chi connectivity index (χ0v) is 14.1. The maximum Gasteiger partial charge on any atom is 0.416 e. The van der Waals surface area contributed by atoms with Crippen LogP contribution >= 0.6 is 12.4 Å². The number of halogens is 5. The second-order valence-corrected chi connectivity index (χ2v) is 8.04. The van der Waals surface area contributed by atoms with Gasteiger partial charge in [0.05, 0.1) is 5.56 Å². The molecule has 1 aliphatic carbocycles. The summed E-state index contributed by atoms with van der Waals surface area (Å²) in [4.78, 5) is -0.930. The molecule has 2 N–H and O–H groups in total. The highest BCUT2D eigenvalue weighted by Gasteiger charge is 2.46. The van der Waals surface area contributed by atoms with Crippen molar-refractivity contribution in [2.24, 2.45) is 17.6 Å². The number of hydrogen-bond acceptors (Lipinski definition) is 3. The fraction of sp³-hybridized carbons (Fsp3) is 0.571. The van der Waals surface area contributed by atoms with Gasteiger partial charge in [-0.15, -0.1) is 12.4 Å². The lowest BCUT2D eigenvalue weighted by Gasteiger charge is -2.19. The Bertz CT molecular complexity index is 726. The maximum absolute atomic E-state index is 13.9. The van der Waals surface area contributed by atoms with Crippen LogP contribution in [0.5, 0.6) is 0 Å². The molecule has 1 saturated carbocycles. The molecule has 1 aliphatic heterocycles. The van der Waals surface area contributed by atoms with Gasteiger partial charge in [-0.2, -0.15) is 17.5 Å². The molecule has 1 aromatic rings. The van der Waals surface area contributed by atoms with Gasteiger partial charge in [0.15, 0.2) is 0 Å². The summed E-state index contributed by atoms with van der Waals surface area (Å²) in [6, 6.07) is 1.31. The lowest BCUT2D eigenvalue weighted by atomic mass is 9.98. The molecule has 24 heavy (non-hydrogen) atoms. The molecular formula is C14H17ClF4N2O2S. The number of hydrogen-bond donors (Lipinski definition) is 1. The summed E-state index contributed by atoms with van der Waals surface area (Å²) in [5, 5.41) is 0. The summed E-state index contributed by atoms with van der Waals surface area (Å²) in [7, 11) is -4.31. The second kappa shape index (κ2) is 6.44. The molecule has 1 saturated heterocycles. The Hall–Kier alpha value is -0.900. The van der Waals surface area contributed by atoms with Gasteiger partial charge in [0.25, 0.3) is 0 Å². The van der Waals surface area contributed by atoms with E-state index < -0.39 is 32.5 Å². The van der Waals surface area contributed by atoms with Gasteiger partial charge < -0.3 is 5.73 Å². The highest BCUT2D eigenvalue weighted by atomic mass is 35.5. The van der Waals surface area contributed by atoms with Crippen LogP contribution < -0.4 is 5.73 Å². The van der Waals surface area contributed by atoms with Crippen molar-refractivity contribution in [3.63, 3.8) is 0 Å². The van der Waals surface area contributed by atoms with Crippen molar-refractivity contribution in [3.05, 3.63) is 29.6 Å². The Kier molecular flexibility index (Phi) is 5.21. The van der Waals surface area contributed by atoms with Crippen LogP contribution in [0.3, 0.4) is 0 Å². The fourth-order valence-electron chi connectivity index (χ4n) is 3.48. The third-order valence-corrected chi connectivity index (χ3v) is 6.60. The zero-order chi connectivity index (χ0) is 17.0. The van der Waals surface area contributed by atoms with Crippen molar-refractivity contribution in [1.82, 2.24) is 4.31 Å². The van der Waals surface area contributed by atoms with Gasteiger partial charge in [-0.3, -0.25) is 0 Å². The molecule has 3 unspecified atom stereocenters. The SMILES string of the molecule is Cl.NC1CCC2CN(S(=O)(=O)c3cc(C(F)(F)F)ccc3F)CC12. The average molecular weight is 389 g/mol. The van der Waals surface area contributed by atoms with Gasteiger partial charge in [-0.05, 0) is 42.9 Å². The molecule has 3 atom stereocenters. The first-order valence-corrected chi connectivity index (χ1v) is 8.67. The number of sulfonamides is 1. The summed E-state index contributed by atoms with van der Waals surface area (Å²) in [6.07, 6.45) is -3.15. The van der Waals surface area contributed by atoms with E-state index in [1.54, 1.807) is 0 Å². The molecular weight excluding hydrogens is 372 g/mol. The Balaban J connectivity index is 0.00000208.